The predicted octanol–water partition coefficient (Wildman–Crippen LogP) is 0.978. The standard InChI is InChI=1S/C7H14N2/c1-9(2)6-7(5-8)3-4-7/h5,8H,3-4,6H2,1-2H3. The summed E-state index contributed by atoms with van der Waals surface area (Å²) in [5.74, 6) is 0. The van der Waals surface area contributed by atoms with Crippen LogP contribution in [0.15, 0.2) is 0 Å². The fraction of sp³-hybridized carbons (Fsp3) is 0.857. The van der Waals surface area contributed by atoms with Gasteiger partial charge in [-0.15, -0.1) is 0 Å². The lowest BCUT2D eigenvalue weighted by atomic mass is 10.1. The SMILES string of the molecule is CN(C)CC1(C=N)CC1. The molecule has 0 saturated heterocycles. The molecule has 0 aromatic carbocycles. The third-order valence-corrected chi connectivity index (χ3v) is 1.83. The minimum absolute atomic E-state index is 0.281. The smallest absolute Gasteiger partial charge is 0.0177 e. The Morgan fingerprint density at radius 2 is 2.11 bits per heavy atom. The molecule has 2 heteroatoms. The molecule has 0 unspecified atom stereocenters. The molecular formula is C7H14N2. The highest BCUT2D eigenvalue weighted by Gasteiger charge is 2.40. The third kappa shape index (κ3) is 1.52. The van der Waals surface area contributed by atoms with Crippen LogP contribution in [0.1, 0.15) is 12.8 Å². The Bertz CT molecular complexity index is 114. The topological polar surface area (TPSA) is 27.1 Å². The maximum Gasteiger partial charge on any atom is 0.0177 e. The van der Waals surface area contributed by atoms with E-state index in [0.29, 0.717) is 0 Å². The van der Waals surface area contributed by atoms with Gasteiger partial charge in [-0.05, 0) is 26.9 Å². The lowest BCUT2D eigenvalue weighted by Crippen LogP contribution is -2.23. The van der Waals surface area contributed by atoms with E-state index in [9.17, 15) is 0 Å². The quantitative estimate of drug-likeness (QED) is 0.561. The third-order valence-electron chi connectivity index (χ3n) is 1.83. The van der Waals surface area contributed by atoms with E-state index >= 15 is 0 Å². The minimum Gasteiger partial charge on any atom is -0.312 e. The Kier molecular flexibility index (Phi) is 1.58. The average molecular weight is 126 g/mol. The molecule has 1 fully saturated rings. The van der Waals surface area contributed by atoms with Crippen LogP contribution in [0, 0.1) is 10.8 Å². The molecule has 0 aromatic heterocycles. The van der Waals surface area contributed by atoms with Crippen molar-refractivity contribution in [2.75, 3.05) is 20.6 Å². The summed E-state index contributed by atoms with van der Waals surface area (Å²) in [5, 5.41) is 7.11. The second-order valence-electron chi connectivity index (χ2n) is 3.24. The zero-order valence-electron chi connectivity index (χ0n) is 6.15. The predicted molar refractivity (Wildman–Crippen MR) is 39.0 cm³/mol. The fourth-order valence-electron chi connectivity index (χ4n) is 1.14. The monoisotopic (exact) mass is 126 g/mol. The summed E-state index contributed by atoms with van der Waals surface area (Å²) in [6, 6.07) is 0. The van der Waals surface area contributed by atoms with Gasteiger partial charge in [0.15, 0.2) is 0 Å². The molecule has 0 spiro atoms. The van der Waals surface area contributed by atoms with Crippen LogP contribution < -0.4 is 0 Å². The lowest BCUT2D eigenvalue weighted by Gasteiger charge is -2.14. The Hall–Kier alpha value is -0.370. The maximum absolute atomic E-state index is 7.11. The number of nitrogens with one attached hydrogen (secondary N) is 1. The van der Waals surface area contributed by atoms with Crippen molar-refractivity contribution >= 4 is 6.21 Å². The molecule has 9 heavy (non-hydrogen) atoms. The van der Waals surface area contributed by atoms with Crippen LogP contribution in [0.3, 0.4) is 0 Å². The Morgan fingerprint density at radius 1 is 1.56 bits per heavy atom. The normalized spacial score (nSPS) is 22.1. The molecule has 0 atom stereocenters. The van der Waals surface area contributed by atoms with Gasteiger partial charge in [-0.1, -0.05) is 0 Å². The van der Waals surface area contributed by atoms with E-state index in [1.165, 1.54) is 12.8 Å². The van der Waals surface area contributed by atoms with Crippen molar-refractivity contribution in [3.05, 3.63) is 0 Å². The van der Waals surface area contributed by atoms with Crippen LogP contribution in [0.4, 0.5) is 0 Å². The maximum atomic E-state index is 7.11. The van der Waals surface area contributed by atoms with Gasteiger partial charge in [0.1, 0.15) is 0 Å². The zero-order chi connectivity index (χ0) is 6.91. The molecule has 0 heterocycles. The lowest BCUT2D eigenvalue weighted by molar-refractivity contribution is 0.362. The van der Waals surface area contributed by atoms with E-state index in [1.54, 1.807) is 6.21 Å². The van der Waals surface area contributed by atoms with Gasteiger partial charge in [0.25, 0.3) is 0 Å². The molecule has 0 bridgehead atoms. The van der Waals surface area contributed by atoms with Gasteiger partial charge in [-0.3, -0.25) is 0 Å². The molecule has 1 saturated carbocycles. The summed E-state index contributed by atoms with van der Waals surface area (Å²) in [6.07, 6.45) is 4.04. The van der Waals surface area contributed by atoms with E-state index in [2.05, 4.69) is 19.0 Å². The van der Waals surface area contributed by atoms with Crippen molar-refractivity contribution in [2.24, 2.45) is 5.41 Å². The summed E-state index contributed by atoms with van der Waals surface area (Å²) in [5.41, 5.74) is 0.281. The second kappa shape index (κ2) is 2.10. The summed E-state index contributed by atoms with van der Waals surface area (Å²) < 4.78 is 0. The number of hydrogen-bond donors (Lipinski definition) is 1. The average Bonchev–Trinajstić information content (AvgIpc) is 2.48. The molecule has 0 radical (unpaired) electrons. The van der Waals surface area contributed by atoms with Crippen molar-refractivity contribution in [2.45, 2.75) is 12.8 Å². The highest BCUT2D eigenvalue weighted by atomic mass is 15.1. The van der Waals surface area contributed by atoms with Crippen LogP contribution in [0.25, 0.3) is 0 Å². The van der Waals surface area contributed by atoms with Crippen molar-refractivity contribution in [3.63, 3.8) is 0 Å². The van der Waals surface area contributed by atoms with Crippen LogP contribution in [0.5, 0.6) is 0 Å². The highest BCUT2D eigenvalue weighted by Crippen LogP contribution is 2.43. The first kappa shape index (κ1) is 6.75. The van der Waals surface area contributed by atoms with E-state index < -0.39 is 0 Å². The van der Waals surface area contributed by atoms with Gasteiger partial charge in [0.05, 0.1) is 0 Å². The summed E-state index contributed by atoms with van der Waals surface area (Å²) >= 11 is 0. The first-order chi connectivity index (χ1) is 4.18. The number of nitrogens with zero attached hydrogens (tertiary/aromatic N) is 1. The van der Waals surface area contributed by atoms with Crippen LogP contribution in [-0.2, 0) is 0 Å². The zero-order valence-corrected chi connectivity index (χ0v) is 6.15. The van der Waals surface area contributed by atoms with E-state index in [4.69, 9.17) is 5.41 Å². The van der Waals surface area contributed by atoms with E-state index in [0.717, 1.165) is 6.54 Å². The fourth-order valence-corrected chi connectivity index (χ4v) is 1.14. The van der Waals surface area contributed by atoms with Crippen molar-refractivity contribution in [3.8, 4) is 0 Å². The molecule has 0 amide bonds. The van der Waals surface area contributed by atoms with Gasteiger partial charge in [0, 0.05) is 18.2 Å². The van der Waals surface area contributed by atoms with Gasteiger partial charge in [0.2, 0.25) is 0 Å². The number of hydrogen-bond acceptors (Lipinski definition) is 2. The van der Waals surface area contributed by atoms with E-state index in [1.807, 2.05) is 0 Å². The van der Waals surface area contributed by atoms with Gasteiger partial charge in [-0.25, -0.2) is 0 Å². The largest absolute Gasteiger partial charge is 0.312 e. The van der Waals surface area contributed by atoms with Gasteiger partial charge in [-0.2, -0.15) is 0 Å². The number of rotatable bonds is 3. The molecule has 1 aliphatic carbocycles. The Labute approximate surface area is 56.4 Å². The molecule has 0 aromatic rings. The van der Waals surface area contributed by atoms with Crippen molar-refractivity contribution in [1.82, 2.24) is 4.90 Å². The van der Waals surface area contributed by atoms with E-state index in [-0.39, 0.29) is 5.41 Å². The Balaban J connectivity index is 2.33. The van der Waals surface area contributed by atoms with Crippen LogP contribution in [-0.4, -0.2) is 31.8 Å². The van der Waals surface area contributed by atoms with Gasteiger partial charge < -0.3 is 10.3 Å². The molecule has 1 rings (SSSR count). The minimum atomic E-state index is 0.281. The molecule has 1 aliphatic rings. The first-order valence-corrected chi connectivity index (χ1v) is 3.35. The van der Waals surface area contributed by atoms with Gasteiger partial charge >= 0.3 is 0 Å². The summed E-state index contributed by atoms with van der Waals surface area (Å²) in [6.45, 7) is 1.05. The second-order valence-corrected chi connectivity index (χ2v) is 3.24. The highest BCUT2D eigenvalue weighted by molar-refractivity contribution is 5.66. The molecule has 2 nitrogen and oxygen atoms in total. The molecule has 0 aliphatic heterocycles. The van der Waals surface area contributed by atoms with Crippen LogP contribution >= 0.6 is 0 Å². The molecule has 52 valence electrons. The first-order valence-electron chi connectivity index (χ1n) is 3.35. The molecular weight excluding hydrogens is 112 g/mol. The summed E-state index contributed by atoms with van der Waals surface area (Å²) in [4.78, 5) is 2.15. The van der Waals surface area contributed by atoms with Crippen molar-refractivity contribution < 1.29 is 0 Å². The molecule has 1 N–H and O–H groups in total. The van der Waals surface area contributed by atoms with Crippen LogP contribution in [0.2, 0.25) is 0 Å². The van der Waals surface area contributed by atoms with Crippen molar-refractivity contribution in [1.29, 1.82) is 5.41 Å². The Morgan fingerprint density at radius 3 is 2.22 bits per heavy atom. The summed E-state index contributed by atoms with van der Waals surface area (Å²) in [7, 11) is 4.12.